The van der Waals surface area contributed by atoms with E-state index in [-0.39, 0.29) is 0 Å². The Morgan fingerprint density at radius 2 is 2.08 bits per heavy atom. The van der Waals surface area contributed by atoms with Gasteiger partial charge in [0.25, 0.3) is 0 Å². The normalized spacial score (nSPS) is 21.5. The van der Waals surface area contributed by atoms with Crippen molar-refractivity contribution < 1.29 is 4.74 Å². The summed E-state index contributed by atoms with van der Waals surface area (Å²) in [6.45, 7) is 8.25. The molecule has 0 aromatic heterocycles. The average molecular weight is 185 g/mol. The van der Waals surface area contributed by atoms with E-state index in [4.69, 9.17) is 4.74 Å². The van der Waals surface area contributed by atoms with E-state index in [0.29, 0.717) is 12.1 Å². The maximum Gasteiger partial charge on any atom is 0.0671 e. The second kappa shape index (κ2) is 5.61. The highest BCUT2D eigenvalue weighted by atomic mass is 16.5. The van der Waals surface area contributed by atoms with Crippen LogP contribution in [0.1, 0.15) is 40.0 Å². The molecule has 1 fully saturated rings. The van der Waals surface area contributed by atoms with Gasteiger partial charge < -0.3 is 10.1 Å². The summed E-state index contributed by atoms with van der Waals surface area (Å²) in [5.74, 6) is 1.02. The van der Waals surface area contributed by atoms with Gasteiger partial charge in [0.1, 0.15) is 0 Å². The second-order valence-corrected chi connectivity index (χ2v) is 4.25. The highest BCUT2D eigenvalue weighted by Gasteiger charge is 2.23. The molecule has 0 radical (unpaired) electrons. The summed E-state index contributed by atoms with van der Waals surface area (Å²) in [6, 6.07) is 0.662. The van der Waals surface area contributed by atoms with Crippen molar-refractivity contribution in [2.24, 2.45) is 5.92 Å². The zero-order chi connectivity index (χ0) is 9.68. The fourth-order valence-electron chi connectivity index (χ4n) is 1.65. The van der Waals surface area contributed by atoms with Gasteiger partial charge in [-0.15, -0.1) is 0 Å². The van der Waals surface area contributed by atoms with Crippen molar-refractivity contribution in [1.29, 1.82) is 0 Å². The van der Waals surface area contributed by atoms with Gasteiger partial charge in [-0.2, -0.15) is 0 Å². The van der Waals surface area contributed by atoms with E-state index in [1.54, 1.807) is 0 Å². The summed E-state index contributed by atoms with van der Waals surface area (Å²) < 4.78 is 5.45. The molecule has 0 aliphatic heterocycles. The van der Waals surface area contributed by atoms with E-state index in [9.17, 15) is 0 Å². The molecule has 13 heavy (non-hydrogen) atoms. The molecule has 0 aromatic rings. The minimum absolute atomic E-state index is 0.353. The molecule has 1 N–H and O–H groups in total. The van der Waals surface area contributed by atoms with Gasteiger partial charge in [-0.05, 0) is 33.1 Å². The van der Waals surface area contributed by atoms with Crippen LogP contribution in [0.15, 0.2) is 0 Å². The Bertz CT molecular complexity index is 134. The Labute approximate surface area is 82.0 Å². The molecule has 2 unspecified atom stereocenters. The van der Waals surface area contributed by atoms with Crippen LogP contribution in [0, 0.1) is 5.92 Å². The molecule has 2 nitrogen and oxygen atoms in total. The number of ether oxygens (including phenoxy) is 1. The summed E-state index contributed by atoms with van der Waals surface area (Å²) >= 11 is 0. The molecule has 1 rings (SSSR count). The fourth-order valence-corrected chi connectivity index (χ4v) is 1.65. The first-order valence-electron chi connectivity index (χ1n) is 5.57. The third-order valence-corrected chi connectivity index (χ3v) is 2.59. The first-order valence-corrected chi connectivity index (χ1v) is 5.57. The van der Waals surface area contributed by atoms with Crippen LogP contribution in [-0.4, -0.2) is 25.3 Å². The quantitative estimate of drug-likeness (QED) is 0.656. The second-order valence-electron chi connectivity index (χ2n) is 4.25. The zero-order valence-electron chi connectivity index (χ0n) is 9.18. The van der Waals surface area contributed by atoms with Crippen molar-refractivity contribution >= 4 is 0 Å². The van der Waals surface area contributed by atoms with Gasteiger partial charge >= 0.3 is 0 Å². The van der Waals surface area contributed by atoms with Crippen molar-refractivity contribution in [3.8, 4) is 0 Å². The lowest BCUT2D eigenvalue weighted by Crippen LogP contribution is -2.34. The number of rotatable bonds is 7. The maximum absolute atomic E-state index is 5.45. The van der Waals surface area contributed by atoms with E-state index in [0.717, 1.165) is 19.1 Å². The van der Waals surface area contributed by atoms with Gasteiger partial charge in [-0.1, -0.05) is 12.8 Å². The number of hydrogen-bond donors (Lipinski definition) is 1. The molecule has 0 saturated heterocycles. The van der Waals surface area contributed by atoms with Crippen molar-refractivity contribution in [2.45, 2.75) is 52.2 Å². The molecule has 0 heterocycles. The molecular weight excluding hydrogens is 162 g/mol. The van der Waals surface area contributed by atoms with Crippen LogP contribution < -0.4 is 5.32 Å². The molecule has 1 aliphatic carbocycles. The largest absolute Gasteiger partial charge is 0.377 e. The maximum atomic E-state index is 5.45. The van der Waals surface area contributed by atoms with Crippen molar-refractivity contribution in [3.05, 3.63) is 0 Å². The van der Waals surface area contributed by atoms with Crippen LogP contribution in [0.4, 0.5) is 0 Å². The predicted octanol–water partition coefficient (Wildman–Crippen LogP) is 2.19. The lowest BCUT2D eigenvalue weighted by molar-refractivity contribution is 0.0740. The van der Waals surface area contributed by atoms with Gasteiger partial charge in [-0.25, -0.2) is 0 Å². The van der Waals surface area contributed by atoms with Crippen LogP contribution in [0.2, 0.25) is 0 Å². The van der Waals surface area contributed by atoms with E-state index < -0.39 is 0 Å². The van der Waals surface area contributed by atoms with Gasteiger partial charge in [0.05, 0.1) is 6.10 Å². The first kappa shape index (κ1) is 11.0. The monoisotopic (exact) mass is 185 g/mol. The molecule has 0 spiro atoms. The standard InChI is InChI=1S/C11H23NO/c1-4-13-10(3)8-12-9(2)7-11-5-6-11/h9-12H,4-8H2,1-3H3. The van der Waals surface area contributed by atoms with E-state index in [1.165, 1.54) is 19.3 Å². The Kier molecular flexibility index (Phi) is 4.74. The smallest absolute Gasteiger partial charge is 0.0671 e. The predicted molar refractivity (Wildman–Crippen MR) is 55.9 cm³/mol. The summed E-state index contributed by atoms with van der Waals surface area (Å²) in [7, 11) is 0. The number of hydrogen-bond acceptors (Lipinski definition) is 2. The average Bonchev–Trinajstić information content (AvgIpc) is 2.85. The molecule has 2 atom stereocenters. The Balaban J connectivity index is 1.96. The third kappa shape index (κ3) is 5.27. The van der Waals surface area contributed by atoms with Crippen molar-refractivity contribution in [1.82, 2.24) is 5.32 Å². The minimum Gasteiger partial charge on any atom is -0.377 e. The number of nitrogens with one attached hydrogen (secondary N) is 1. The Morgan fingerprint density at radius 1 is 1.38 bits per heavy atom. The molecule has 2 heteroatoms. The van der Waals surface area contributed by atoms with Gasteiger partial charge in [0.15, 0.2) is 0 Å². The van der Waals surface area contributed by atoms with Crippen LogP contribution >= 0.6 is 0 Å². The van der Waals surface area contributed by atoms with Crippen molar-refractivity contribution in [3.63, 3.8) is 0 Å². The van der Waals surface area contributed by atoms with Crippen molar-refractivity contribution in [2.75, 3.05) is 13.2 Å². The Hall–Kier alpha value is -0.0800. The molecule has 1 aliphatic rings. The van der Waals surface area contributed by atoms with Crippen LogP contribution in [0.5, 0.6) is 0 Å². The van der Waals surface area contributed by atoms with Crippen LogP contribution in [0.25, 0.3) is 0 Å². The van der Waals surface area contributed by atoms with Crippen LogP contribution in [0.3, 0.4) is 0 Å². The summed E-state index contributed by atoms with van der Waals surface area (Å²) in [4.78, 5) is 0. The molecule has 0 aromatic carbocycles. The fraction of sp³-hybridized carbons (Fsp3) is 1.00. The minimum atomic E-state index is 0.353. The van der Waals surface area contributed by atoms with E-state index >= 15 is 0 Å². The highest BCUT2D eigenvalue weighted by Crippen LogP contribution is 2.33. The summed E-state index contributed by atoms with van der Waals surface area (Å²) in [6.07, 6.45) is 4.60. The summed E-state index contributed by atoms with van der Waals surface area (Å²) in [5, 5.41) is 3.51. The highest BCUT2D eigenvalue weighted by molar-refractivity contribution is 4.78. The third-order valence-electron chi connectivity index (χ3n) is 2.59. The lowest BCUT2D eigenvalue weighted by Gasteiger charge is -2.17. The zero-order valence-corrected chi connectivity index (χ0v) is 9.18. The SMILES string of the molecule is CCOC(C)CNC(C)CC1CC1. The lowest BCUT2D eigenvalue weighted by atomic mass is 10.1. The van der Waals surface area contributed by atoms with E-state index in [2.05, 4.69) is 19.2 Å². The van der Waals surface area contributed by atoms with Gasteiger partial charge in [0.2, 0.25) is 0 Å². The molecule has 78 valence electrons. The molecular formula is C11H23NO. The van der Waals surface area contributed by atoms with Crippen LogP contribution in [-0.2, 0) is 4.74 Å². The topological polar surface area (TPSA) is 21.3 Å². The molecule has 0 bridgehead atoms. The molecule has 0 amide bonds. The first-order chi connectivity index (χ1) is 6.22. The van der Waals surface area contributed by atoms with Gasteiger partial charge in [-0.3, -0.25) is 0 Å². The Morgan fingerprint density at radius 3 is 2.62 bits per heavy atom. The van der Waals surface area contributed by atoms with E-state index in [1.807, 2.05) is 6.92 Å². The summed E-state index contributed by atoms with van der Waals surface area (Å²) in [5.41, 5.74) is 0. The molecule has 1 saturated carbocycles. The van der Waals surface area contributed by atoms with Gasteiger partial charge in [0, 0.05) is 19.2 Å².